The van der Waals surface area contributed by atoms with Gasteiger partial charge in [0, 0.05) is 35.9 Å². The van der Waals surface area contributed by atoms with E-state index in [1.54, 1.807) is 0 Å². The minimum Gasteiger partial charge on any atom is -0.462 e. The molecule has 1 aromatic heterocycles. The number of benzene rings is 1. The third-order valence-electron chi connectivity index (χ3n) is 3.12. The lowest BCUT2D eigenvalue weighted by molar-refractivity contribution is 0.0532. The topological polar surface area (TPSA) is 41.6 Å². The molecule has 5 heteroatoms. The van der Waals surface area contributed by atoms with Gasteiger partial charge in [-0.15, -0.1) is 11.3 Å². The van der Waals surface area contributed by atoms with Crippen LogP contribution in [0.4, 0.5) is 5.69 Å². The van der Waals surface area contributed by atoms with Gasteiger partial charge in [-0.3, -0.25) is 0 Å². The molecule has 0 aliphatic carbocycles. The maximum absolute atomic E-state index is 11.8. The summed E-state index contributed by atoms with van der Waals surface area (Å²) in [4.78, 5) is 14.7. The van der Waals surface area contributed by atoms with Crippen LogP contribution < -0.4 is 10.2 Å². The summed E-state index contributed by atoms with van der Waals surface area (Å²) in [5.74, 6) is -0.238. The van der Waals surface area contributed by atoms with Crippen LogP contribution in [0, 0.1) is 0 Å². The van der Waals surface area contributed by atoms with Gasteiger partial charge in [-0.25, -0.2) is 4.79 Å². The molecular formula is C15H20N2O2S. The number of carbonyl (C=O) groups is 1. The number of thiophene rings is 1. The molecule has 0 aliphatic heterocycles. The smallest absolute Gasteiger partial charge is 0.348 e. The molecule has 108 valence electrons. The molecule has 0 aliphatic rings. The first-order chi connectivity index (χ1) is 9.67. The number of nitrogens with one attached hydrogen (secondary N) is 1. The van der Waals surface area contributed by atoms with Crippen LogP contribution >= 0.6 is 11.3 Å². The number of esters is 1. The van der Waals surface area contributed by atoms with Crippen molar-refractivity contribution in [1.29, 1.82) is 0 Å². The Morgan fingerprint density at radius 1 is 1.45 bits per heavy atom. The molecule has 0 radical (unpaired) electrons. The zero-order valence-electron chi connectivity index (χ0n) is 12.1. The normalized spacial score (nSPS) is 10.8. The summed E-state index contributed by atoms with van der Waals surface area (Å²) in [6, 6.07) is 8.08. The zero-order valence-corrected chi connectivity index (χ0v) is 12.9. The Morgan fingerprint density at radius 2 is 2.25 bits per heavy atom. The number of anilines is 1. The van der Waals surface area contributed by atoms with Gasteiger partial charge in [-0.05, 0) is 32.2 Å². The number of ether oxygens (including phenoxy) is 1. The summed E-state index contributed by atoms with van der Waals surface area (Å²) >= 11 is 1.48. The zero-order chi connectivity index (χ0) is 14.5. The van der Waals surface area contributed by atoms with E-state index in [1.807, 2.05) is 32.2 Å². The Hall–Kier alpha value is -1.59. The second-order valence-corrected chi connectivity index (χ2v) is 5.63. The molecule has 0 amide bonds. The van der Waals surface area contributed by atoms with Gasteiger partial charge in [0.05, 0.1) is 6.61 Å². The highest BCUT2D eigenvalue weighted by molar-refractivity contribution is 7.20. The molecule has 4 nitrogen and oxygen atoms in total. The van der Waals surface area contributed by atoms with Crippen LogP contribution in [-0.2, 0) is 4.74 Å². The molecule has 2 rings (SSSR count). The predicted octanol–water partition coefficient (Wildman–Crippen LogP) is 2.73. The molecule has 0 saturated carbocycles. The summed E-state index contributed by atoms with van der Waals surface area (Å²) in [7, 11) is 4.01. The fourth-order valence-electron chi connectivity index (χ4n) is 2.08. The van der Waals surface area contributed by atoms with Crippen molar-refractivity contribution in [2.45, 2.75) is 6.92 Å². The number of hydrogen-bond donors (Lipinski definition) is 1. The lowest BCUT2D eigenvalue weighted by Gasteiger charge is -2.20. The predicted molar refractivity (Wildman–Crippen MR) is 85.0 cm³/mol. The van der Waals surface area contributed by atoms with Crippen LogP contribution in [0.25, 0.3) is 10.1 Å². The van der Waals surface area contributed by atoms with Crippen LogP contribution in [0.5, 0.6) is 0 Å². The van der Waals surface area contributed by atoms with Gasteiger partial charge in [0.2, 0.25) is 0 Å². The fourth-order valence-corrected chi connectivity index (χ4v) is 3.06. The molecule has 1 aromatic carbocycles. The number of nitrogens with zero attached hydrogens (tertiary/aromatic N) is 1. The van der Waals surface area contributed by atoms with Crippen molar-refractivity contribution in [2.24, 2.45) is 0 Å². The maximum atomic E-state index is 11.8. The van der Waals surface area contributed by atoms with Gasteiger partial charge >= 0.3 is 5.97 Å². The highest BCUT2D eigenvalue weighted by atomic mass is 32.1. The van der Waals surface area contributed by atoms with Crippen molar-refractivity contribution < 1.29 is 9.53 Å². The van der Waals surface area contributed by atoms with E-state index in [-0.39, 0.29) is 5.97 Å². The Balaban J connectivity index is 2.34. The lowest BCUT2D eigenvalue weighted by Crippen LogP contribution is -2.27. The third-order valence-corrected chi connectivity index (χ3v) is 4.20. The highest BCUT2D eigenvalue weighted by Gasteiger charge is 2.14. The van der Waals surface area contributed by atoms with E-state index in [0.717, 1.165) is 28.9 Å². The van der Waals surface area contributed by atoms with Crippen molar-refractivity contribution >= 4 is 33.1 Å². The van der Waals surface area contributed by atoms with Crippen molar-refractivity contribution in [2.75, 3.05) is 38.7 Å². The number of carbonyl (C=O) groups excluding carboxylic acids is 1. The van der Waals surface area contributed by atoms with Crippen molar-refractivity contribution in [3.05, 3.63) is 29.1 Å². The Morgan fingerprint density at radius 3 is 2.95 bits per heavy atom. The second kappa shape index (κ2) is 6.72. The van der Waals surface area contributed by atoms with Crippen LogP contribution in [0.15, 0.2) is 24.3 Å². The largest absolute Gasteiger partial charge is 0.462 e. The average Bonchev–Trinajstić information content (AvgIpc) is 2.88. The van der Waals surface area contributed by atoms with Gasteiger partial charge in [0.25, 0.3) is 0 Å². The van der Waals surface area contributed by atoms with E-state index in [2.05, 4.69) is 23.3 Å². The molecule has 1 heterocycles. The fraction of sp³-hybridized carbons (Fsp3) is 0.400. The molecule has 0 atom stereocenters. The summed E-state index contributed by atoms with van der Waals surface area (Å²) in [6.45, 7) is 4.06. The van der Waals surface area contributed by atoms with Crippen LogP contribution in [-0.4, -0.2) is 39.8 Å². The van der Waals surface area contributed by atoms with E-state index in [4.69, 9.17) is 4.74 Å². The van der Waals surface area contributed by atoms with E-state index in [0.29, 0.717) is 11.5 Å². The second-order valence-electron chi connectivity index (χ2n) is 4.55. The summed E-state index contributed by atoms with van der Waals surface area (Å²) in [5, 5.41) is 4.25. The van der Waals surface area contributed by atoms with Gasteiger partial charge in [0.1, 0.15) is 4.88 Å². The lowest BCUT2D eigenvalue weighted by atomic mass is 10.2. The van der Waals surface area contributed by atoms with Gasteiger partial charge < -0.3 is 15.0 Å². The van der Waals surface area contributed by atoms with E-state index in [9.17, 15) is 4.79 Å². The standard InChI is InChI=1S/C15H20N2O2S/c1-4-19-15(18)14-10-11-12(17(3)9-8-16-2)6-5-7-13(11)20-14/h5-7,10,16H,4,8-9H2,1-3H3. The molecule has 20 heavy (non-hydrogen) atoms. The van der Waals surface area contributed by atoms with E-state index >= 15 is 0 Å². The average molecular weight is 292 g/mol. The van der Waals surface area contributed by atoms with E-state index in [1.165, 1.54) is 11.3 Å². The van der Waals surface area contributed by atoms with Crippen molar-refractivity contribution in [3.63, 3.8) is 0 Å². The van der Waals surface area contributed by atoms with Crippen LogP contribution in [0.2, 0.25) is 0 Å². The minimum atomic E-state index is -0.238. The highest BCUT2D eigenvalue weighted by Crippen LogP contribution is 2.33. The summed E-state index contributed by atoms with van der Waals surface area (Å²) in [6.07, 6.45) is 0. The SMILES string of the molecule is CCOC(=O)c1cc2c(N(C)CCNC)cccc2s1. The first-order valence-corrected chi connectivity index (χ1v) is 7.54. The summed E-state index contributed by atoms with van der Waals surface area (Å²) in [5.41, 5.74) is 1.14. The van der Waals surface area contributed by atoms with Crippen molar-refractivity contribution in [3.8, 4) is 0 Å². The molecular weight excluding hydrogens is 272 g/mol. The molecule has 0 fully saturated rings. The Bertz CT molecular complexity index is 595. The van der Waals surface area contributed by atoms with Crippen LogP contribution in [0.3, 0.4) is 0 Å². The van der Waals surface area contributed by atoms with Crippen LogP contribution in [0.1, 0.15) is 16.6 Å². The number of likely N-dealkylation sites (N-methyl/N-ethyl adjacent to an activating group) is 2. The molecule has 0 spiro atoms. The third kappa shape index (κ3) is 3.11. The quantitative estimate of drug-likeness (QED) is 0.831. The van der Waals surface area contributed by atoms with Gasteiger partial charge in [0.15, 0.2) is 0 Å². The number of fused-ring (bicyclic) bond motifs is 1. The minimum absolute atomic E-state index is 0.238. The van der Waals surface area contributed by atoms with Gasteiger partial charge in [-0.1, -0.05) is 6.07 Å². The summed E-state index contributed by atoms with van der Waals surface area (Å²) < 4.78 is 6.18. The molecule has 0 bridgehead atoms. The first-order valence-electron chi connectivity index (χ1n) is 6.72. The molecule has 0 unspecified atom stereocenters. The Kier molecular flexibility index (Phi) is 4.98. The molecule has 1 N–H and O–H groups in total. The van der Waals surface area contributed by atoms with Gasteiger partial charge in [-0.2, -0.15) is 0 Å². The molecule has 2 aromatic rings. The number of rotatable bonds is 6. The number of hydrogen-bond acceptors (Lipinski definition) is 5. The first kappa shape index (κ1) is 14.8. The maximum Gasteiger partial charge on any atom is 0.348 e. The monoisotopic (exact) mass is 292 g/mol. The molecule has 0 saturated heterocycles. The van der Waals surface area contributed by atoms with Crippen molar-refractivity contribution in [1.82, 2.24) is 5.32 Å². The van der Waals surface area contributed by atoms with E-state index < -0.39 is 0 Å². The Labute approximate surface area is 123 Å².